The van der Waals surface area contributed by atoms with Crippen molar-refractivity contribution < 1.29 is 9.53 Å². The van der Waals surface area contributed by atoms with E-state index < -0.39 is 5.41 Å². The van der Waals surface area contributed by atoms with Gasteiger partial charge in [0, 0.05) is 17.1 Å². The topological polar surface area (TPSA) is 59.2 Å². The van der Waals surface area contributed by atoms with Gasteiger partial charge in [-0.05, 0) is 26.0 Å². The fourth-order valence-corrected chi connectivity index (χ4v) is 2.84. The van der Waals surface area contributed by atoms with E-state index in [4.69, 9.17) is 4.74 Å². The molecule has 24 heavy (non-hydrogen) atoms. The predicted molar refractivity (Wildman–Crippen MR) is 98.9 cm³/mol. The smallest absolute Gasteiger partial charge is 0.266 e. The molecule has 128 valence electrons. The van der Waals surface area contributed by atoms with E-state index in [2.05, 4.69) is 4.98 Å². The first-order valence-electron chi connectivity index (χ1n) is 7.89. The van der Waals surface area contributed by atoms with Gasteiger partial charge < -0.3 is 9.72 Å². The Morgan fingerprint density at radius 1 is 1.25 bits per heavy atom. The number of thiazole rings is 1. The number of ketones is 1. The van der Waals surface area contributed by atoms with Crippen molar-refractivity contribution in [3.05, 3.63) is 49.4 Å². The van der Waals surface area contributed by atoms with Gasteiger partial charge in [-0.2, -0.15) is 0 Å². The maximum absolute atomic E-state index is 12.2. The molecule has 0 fully saturated rings. The number of rotatable bonds is 4. The average molecular weight is 345 g/mol. The fraction of sp³-hybridized carbons (Fsp3) is 0.368. The molecule has 0 spiro atoms. The Bertz CT molecular complexity index is 898. The molecule has 1 aromatic heterocycles. The summed E-state index contributed by atoms with van der Waals surface area (Å²) in [4.78, 5) is 27.0. The SMILES string of the molecule is CC(C)Oc1ccccc1C=c1sc(=CC(=O)C(C)(C)C)[nH]c1=O. The minimum absolute atomic E-state index is 0.0184. The monoisotopic (exact) mass is 345 g/mol. The summed E-state index contributed by atoms with van der Waals surface area (Å²) in [7, 11) is 0. The number of H-pyrrole nitrogens is 1. The first-order chi connectivity index (χ1) is 11.2. The Labute approximate surface area is 145 Å². The summed E-state index contributed by atoms with van der Waals surface area (Å²) < 4.78 is 6.88. The van der Waals surface area contributed by atoms with E-state index in [0.717, 1.165) is 11.3 Å². The fourth-order valence-electron chi connectivity index (χ4n) is 1.96. The maximum Gasteiger partial charge on any atom is 0.266 e. The van der Waals surface area contributed by atoms with Gasteiger partial charge in [0.05, 0.1) is 15.3 Å². The molecular weight excluding hydrogens is 322 g/mol. The average Bonchev–Trinajstić information content (AvgIpc) is 2.79. The van der Waals surface area contributed by atoms with E-state index in [9.17, 15) is 9.59 Å². The summed E-state index contributed by atoms with van der Waals surface area (Å²) in [6.07, 6.45) is 3.34. The minimum atomic E-state index is -0.470. The van der Waals surface area contributed by atoms with Gasteiger partial charge in [0.2, 0.25) is 0 Å². The second kappa shape index (κ2) is 7.18. The lowest BCUT2D eigenvalue weighted by molar-refractivity contribution is -0.119. The second-order valence-corrected chi connectivity index (χ2v) is 7.98. The zero-order valence-electron chi connectivity index (χ0n) is 14.7. The van der Waals surface area contributed by atoms with Gasteiger partial charge in [-0.1, -0.05) is 39.0 Å². The van der Waals surface area contributed by atoms with Crippen LogP contribution in [0.2, 0.25) is 0 Å². The van der Waals surface area contributed by atoms with Crippen molar-refractivity contribution >= 4 is 29.3 Å². The lowest BCUT2D eigenvalue weighted by atomic mass is 9.91. The number of ether oxygens (including phenoxy) is 1. The number of benzene rings is 1. The molecule has 2 aromatic rings. The molecule has 0 aliphatic carbocycles. The number of hydrogen-bond acceptors (Lipinski definition) is 4. The molecule has 0 aliphatic rings. The number of carbonyl (C=O) groups excluding carboxylic acids is 1. The highest BCUT2D eigenvalue weighted by atomic mass is 32.1. The van der Waals surface area contributed by atoms with Crippen LogP contribution in [0.1, 0.15) is 40.2 Å². The molecule has 5 heteroatoms. The third kappa shape index (κ3) is 4.68. The van der Waals surface area contributed by atoms with Crippen LogP contribution in [0.3, 0.4) is 0 Å². The molecule has 2 rings (SSSR count). The van der Waals surface area contributed by atoms with E-state index in [1.807, 2.05) is 58.9 Å². The van der Waals surface area contributed by atoms with Crippen molar-refractivity contribution in [3.8, 4) is 5.75 Å². The number of hydrogen-bond donors (Lipinski definition) is 1. The van der Waals surface area contributed by atoms with Crippen LogP contribution in [0, 0.1) is 5.41 Å². The van der Waals surface area contributed by atoms with Gasteiger partial charge >= 0.3 is 0 Å². The second-order valence-electron chi connectivity index (χ2n) is 6.89. The molecule has 1 heterocycles. The van der Waals surface area contributed by atoms with Crippen LogP contribution in [0.4, 0.5) is 0 Å². The summed E-state index contributed by atoms with van der Waals surface area (Å²) in [5, 5.41) is 0. The molecule has 0 radical (unpaired) electrons. The van der Waals surface area contributed by atoms with Crippen molar-refractivity contribution in [1.29, 1.82) is 0 Å². The minimum Gasteiger partial charge on any atom is -0.490 e. The molecule has 0 saturated carbocycles. The van der Waals surface area contributed by atoms with Crippen molar-refractivity contribution in [2.75, 3.05) is 0 Å². The molecule has 0 bridgehead atoms. The van der Waals surface area contributed by atoms with Gasteiger partial charge in [0.25, 0.3) is 5.56 Å². The predicted octanol–water partition coefficient (Wildman–Crippen LogP) is 2.45. The van der Waals surface area contributed by atoms with Gasteiger partial charge in [-0.3, -0.25) is 9.59 Å². The number of nitrogens with one attached hydrogen (secondary N) is 1. The third-order valence-corrected chi connectivity index (χ3v) is 4.21. The third-order valence-electron chi connectivity index (χ3n) is 3.25. The summed E-state index contributed by atoms with van der Waals surface area (Å²) in [6, 6.07) is 7.58. The standard InChI is InChI=1S/C19H23NO3S/c1-12(2)23-14-9-7-6-8-13(14)10-15-18(22)20-17(24-15)11-16(21)19(3,4)5/h6-12H,1-5H3,(H,20,22). The van der Waals surface area contributed by atoms with Crippen molar-refractivity contribution in [2.24, 2.45) is 5.41 Å². The Balaban J connectivity index is 2.49. The van der Waals surface area contributed by atoms with Crippen LogP contribution in [0.5, 0.6) is 5.75 Å². The molecular formula is C19H23NO3S. The molecule has 0 amide bonds. The van der Waals surface area contributed by atoms with E-state index >= 15 is 0 Å². The number of aromatic amines is 1. The quantitative estimate of drug-likeness (QED) is 0.926. The molecule has 1 aromatic carbocycles. The summed E-state index contributed by atoms with van der Waals surface area (Å²) in [5.74, 6) is 0.715. The molecule has 0 saturated heterocycles. The Kier molecular flexibility index (Phi) is 5.44. The zero-order valence-corrected chi connectivity index (χ0v) is 15.5. The molecule has 4 nitrogen and oxygen atoms in total. The highest BCUT2D eigenvalue weighted by molar-refractivity contribution is 7.07. The van der Waals surface area contributed by atoms with Gasteiger partial charge in [-0.25, -0.2) is 0 Å². The van der Waals surface area contributed by atoms with Crippen LogP contribution in [-0.2, 0) is 4.79 Å². The number of para-hydroxylation sites is 1. The van der Waals surface area contributed by atoms with Crippen molar-refractivity contribution in [3.63, 3.8) is 0 Å². The van der Waals surface area contributed by atoms with Crippen LogP contribution in [0.25, 0.3) is 12.2 Å². The van der Waals surface area contributed by atoms with Crippen molar-refractivity contribution in [1.82, 2.24) is 4.98 Å². The normalized spacial score (nSPS) is 13.6. The van der Waals surface area contributed by atoms with Crippen molar-refractivity contribution in [2.45, 2.75) is 40.7 Å². The van der Waals surface area contributed by atoms with Gasteiger partial charge in [0.1, 0.15) is 5.75 Å². The number of Topliss-reactive ketones (excluding diaryl/α,β-unsaturated/α-hetero) is 1. The Morgan fingerprint density at radius 3 is 2.54 bits per heavy atom. The molecule has 0 unspecified atom stereocenters. The summed E-state index contributed by atoms with van der Waals surface area (Å²) in [5.41, 5.74) is 0.169. The maximum atomic E-state index is 12.2. The lowest BCUT2D eigenvalue weighted by Crippen LogP contribution is -2.22. The highest BCUT2D eigenvalue weighted by Crippen LogP contribution is 2.19. The van der Waals surface area contributed by atoms with E-state index in [1.54, 1.807) is 6.08 Å². The van der Waals surface area contributed by atoms with Crippen LogP contribution >= 0.6 is 11.3 Å². The van der Waals surface area contributed by atoms with E-state index in [0.29, 0.717) is 9.20 Å². The molecule has 1 N–H and O–H groups in total. The van der Waals surface area contributed by atoms with E-state index in [-0.39, 0.29) is 17.4 Å². The Morgan fingerprint density at radius 2 is 1.92 bits per heavy atom. The van der Waals surface area contributed by atoms with Gasteiger partial charge in [-0.15, -0.1) is 11.3 Å². The highest BCUT2D eigenvalue weighted by Gasteiger charge is 2.18. The Hall–Kier alpha value is -2.14. The summed E-state index contributed by atoms with van der Waals surface area (Å²) in [6.45, 7) is 9.47. The lowest BCUT2D eigenvalue weighted by Gasteiger charge is -2.12. The largest absolute Gasteiger partial charge is 0.490 e. The molecule has 0 atom stereocenters. The van der Waals surface area contributed by atoms with Gasteiger partial charge in [0.15, 0.2) is 5.78 Å². The van der Waals surface area contributed by atoms with Crippen LogP contribution in [-0.4, -0.2) is 16.9 Å². The first-order valence-corrected chi connectivity index (χ1v) is 8.71. The summed E-state index contributed by atoms with van der Waals surface area (Å²) >= 11 is 1.27. The van der Waals surface area contributed by atoms with Crippen LogP contribution in [0.15, 0.2) is 29.1 Å². The number of carbonyl (C=O) groups is 1. The van der Waals surface area contributed by atoms with Crippen LogP contribution < -0.4 is 19.5 Å². The first kappa shape index (κ1) is 18.2. The number of aromatic nitrogens is 1. The van der Waals surface area contributed by atoms with E-state index in [1.165, 1.54) is 17.4 Å². The zero-order chi connectivity index (χ0) is 17.9. The molecule has 0 aliphatic heterocycles.